The van der Waals surface area contributed by atoms with Crippen LogP contribution >= 0.6 is 0 Å². The molecule has 0 aliphatic carbocycles. The molecule has 0 N–H and O–H groups in total. The average Bonchev–Trinajstić information content (AvgIpc) is 3.17. The summed E-state index contributed by atoms with van der Waals surface area (Å²) in [7, 11) is -3.28. The van der Waals surface area contributed by atoms with Gasteiger partial charge in [-0.1, -0.05) is 12.1 Å². The summed E-state index contributed by atoms with van der Waals surface area (Å²) in [6.45, 7) is 1.42. The molecule has 0 unspecified atom stereocenters. The molecule has 3 aliphatic heterocycles. The number of anilines is 1. The van der Waals surface area contributed by atoms with Crippen molar-refractivity contribution in [3.05, 3.63) is 29.8 Å². The fourth-order valence-electron chi connectivity index (χ4n) is 4.28. The number of hydrogen-bond donors (Lipinski definition) is 0. The number of rotatable bonds is 3. The zero-order valence-corrected chi connectivity index (χ0v) is 17.1. The normalized spacial score (nSPS) is 23.1. The maximum absolute atomic E-state index is 13.2. The fraction of sp³-hybridized carbons (Fsp3) is 0.526. The molecule has 156 valence electrons. The number of fused-ring (bicyclic) bond motifs is 2. The zero-order chi connectivity index (χ0) is 20.8. The lowest BCUT2D eigenvalue weighted by molar-refractivity contribution is -0.133. The molecule has 2 fully saturated rings. The van der Waals surface area contributed by atoms with E-state index < -0.39 is 16.1 Å². The van der Waals surface area contributed by atoms with Crippen LogP contribution in [0, 0.1) is 0 Å². The summed E-state index contributed by atoms with van der Waals surface area (Å²) < 4.78 is 24.7. The van der Waals surface area contributed by atoms with E-state index in [4.69, 9.17) is 0 Å². The molecule has 9 nitrogen and oxygen atoms in total. The van der Waals surface area contributed by atoms with E-state index in [-0.39, 0.29) is 50.4 Å². The van der Waals surface area contributed by atoms with Crippen LogP contribution in [0.15, 0.2) is 24.3 Å². The molecule has 1 aromatic carbocycles. The second kappa shape index (κ2) is 7.42. The minimum Gasteiger partial charge on any atom is -0.339 e. The third-order valence-corrected chi connectivity index (χ3v) is 7.15. The Morgan fingerprint density at radius 3 is 2.45 bits per heavy atom. The van der Waals surface area contributed by atoms with E-state index in [9.17, 15) is 22.8 Å². The molecular weight excluding hydrogens is 396 g/mol. The summed E-state index contributed by atoms with van der Waals surface area (Å²) >= 11 is 0. The van der Waals surface area contributed by atoms with Crippen molar-refractivity contribution in [3.8, 4) is 0 Å². The lowest BCUT2D eigenvalue weighted by Gasteiger charge is -2.35. The van der Waals surface area contributed by atoms with Crippen LogP contribution in [0.4, 0.5) is 5.69 Å². The molecule has 0 spiro atoms. The molecule has 0 aromatic heterocycles. The maximum Gasteiger partial charge on any atom is 0.256 e. The SMILES string of the molecule is CS(=O)(=O)N1CCN(C(=O)CN2C(=O)[C@@H]3CCCN3C(=O)c3ccccc32)CC1. The Labute approximate surface area is 169 Å². The Hall–Kier alpha value is -2.46. The topological polar surface area (TPSA) is 98.3 Å². The molecule has 3 amide bonds. The Morgan fingerprint density at radius 1 is 1.07 bits per heavy atom. The molecule has 0 saturated carbocycles. The van der Waals surface area contributed by atoms with E-state index in [0.717, 1.165) is 12.7 Å². The largest absolute Gasteiger partial charge is 0.339 e. The van der Waals surface area contributed by atoms with Crippen molar-refractivity contribution in [1.82, 2.24) is 14.1 Å². The second-order valence-electron chi connectivity index (χ2n) is 7.64. The molecule has 0 bridgehead atoms. The fourth-order valence-corrected chi connectivity index (χ4v) is 5.10. The van der Waals surface area contributed by atoms with Gasteiger partial charge in [-0.15, -0.1) is 0 Å². The minimum absolute atomic E-state index is 0.160. The van der Waals surface area contributed by atoms with Crippen molar-refractivity contribution in [2.75, 3.05) is 50.4 Å². The van der Waals surface area contributed by atoms with Crippen LogP contribution in [0.1, 0.15) is 23.2 Å². The summed E-state index contributed by atoms with van der Waals surface area (Å²) in [5, 5.41) is 0. The standard InChI is InChI=1S/C19H24N4O5S/c1-29(27,28)21-11-9-20(10-12-21)17(24)13-23-15-6-3-2-5-14(15)18(25)22-8-4-7-16(22)19(23)26/h2-3,5-6,16H,4,7-13H2,1H3/t16-/m0/s1. The van der Waals surface area contributed by atoms with Crippen molar-refractivity contribution in [2.24, 2.45) is 0 Å². The van der Waals surface area contributed by atoms with Crippen LogP contribution in [0.3, 0.4) is 0 Å². The molecule has 2 saturated heterocycles. The van der Waals surface area contributed by atoms with Gasteiger partial charge in [0.25, 0.3) is 5.91 Å². The number of piperazine rings is 1. The smallest absolute Gasteiger partial charge is 0.256 e. The van der Waals surface area contributed by atoms with Gasteiger partial charge in [0.2, 0.25) is 21.8 Å². The van der Waals surface area contributed by atoms with Gasteiger partial charge in [0.15, 0.2) is 0 Å². The second-order valence-corrected chi connectivity index (χ2v) is 9.62. The quantitative estimate of drug-likeness (QED) is 0.671. The van der Waals surface area contributed by atoms with Crippen LogP contribution in [-0.4, -0.2) is 91.8 Å². The first kappa shape index (κ1) is 19.8. The summed E-state index contributed by atoms with van der Waals surface area (Å²) in [5.41, 5.74) is 0.889. The van der Waals surface area contributed by atoms with Crippen molar-refractivity contribution in [1.29, 1.82) is 0 Å². The molecule has 10 heteroatoms. The van der Waals surface area contributed by atoms with Gasteiger partial charge in [-0.3, -0.25) is 14.4 Å². The summed E-state index contributed by atoms with van der Waals surface area (Å²) in [5.74, 6) is -0.655. The van der Waals surface area contributed by atoms with Crippen LogP contribution in [-0.2, 0) is 19.6 Å². The minimum atomic E-state index is -3.28. The molecule has 3 heterocycles. The summed E-state index contributed by atoms with van der Waals surface area (Å²) in [6, 6.07) is 6.35. The zero-order valence-electron chi connectivity index (χ0n) is 16.3. The molecule has 29 heavy (non-hydrogen) atoms. The van der Waals surface area contributed by atoms with E-state index in [1.807, 2.05) is 0 Å². The van der Waals surface area contributed by atoms with Crippen molar-refractivity contribution in [3.63, 3.8) is 0 Å². The average molecular weight is 420 g/mol. The van der Waals surface area contributed by atoms with Gasteiger partial charge in [0.1, 0.15) is 12.6 Å². The van der Waals surface area contributed by atoms with Gasteiger partial charge in [-0.25, -0.2) is 8.42 Å². The van der Waals surface area contributed by atoms with E-state index in [0.29, 0.717) is 24.2 Å². The van der Waals surface area contributed by atoms with Gasteiger partial charge in [-0.05, 0) is 25.0 Å². The highest BCUT2D eigenvalue weighted by molar-refractivity contribution is 7.88. The number of carbonyl (C=O) groups is 3. The number of sulfonamides is 1. The van der Waals surface area contributed by atoms with Gasteiger partial charge >= 0.3 is 0 Å². The summed E-state index contributed by atoms with van der Waals surface area (Å²) in [4.78, 5) is 43.7. The van der Waals surface area contributed by atoms with Crippen LogP contribution < -0.4 is 4.90 Å². The Balaban J connectivity index is 1.56. The third-order valence-electron chi connectivity index (χ3n) is 5.84. The maximum atomic E-state index is 13.2. The highest BCUT2D eigenvalue weighted by atomic mass is 32.2. The van der Waals surface area contributed by atoms with E-state index >= 15 is 0 Å². The van der Waals surface area contributed by atoms with Crippen molar-refractivity contribution in [2.45, 2.75) is 18.9 Å². The highest BCUT2D eigenvalue weighted by Gasteiger charge is 2.42. The van der Waals surface area contributed by atoms with Crippen LogP contribution in [0.5, 0.6) is 0 Å². The van der Waals surface area contributed by atoms with Crippen LogP contribution in [0.2, 0.25) is 0 Å². The number of nitrogens with zero attached hydrogens (tertiary/aromatic N) is 4. The van der Waals surface area contributed by atoms with Crippen molar-refractivity contribution >= 4 is 33.4 Å². The summed E-state index contributed by atoms with van der Waals surface area (Å²) in [6.07, 6.45) is 2.51. The first-order chi connectivity index (χ1) is 13.8. The van der Waals surface area contributed by atoms with Crippen molar-refractivity contribution < 1.29 is 22.8 Å². The Kier molecular flexibility index (Phi) is 5.07. The lowest BCUT2D eigenvalue weighted by atomic mass is 10.1. The highest BCUT2D eigenvalue weighted by Crippen LogP contribution is 2.32. The molecule has 3 aliphatic rings. The van der Waals surface area contributed by atoms with Gasteiger partial charge in [0.05, 0.1) is 17.5 Å². The predicted molar refractivity (Wildman–Crippen MR) is 106 cm³/mol. The van der Waals surface area contributed by atoms with Gasteiger partial charge in [0, 0.05) is 32.7 Å². The predicted octanol–water partition coefficient (Wildman–Crippen LogP) is -0.258. The first-order valence-corrected chi connectivity index (χ1v) is 11.6. The Morgan fingerprint density at radius 2 is 1.76 bits per heavy atom. The molecule has 0 radical (unpaired) electrons. The monoisotopic (exact) mass is 420 g/mol. The Bertz CT molecular complexity index is 955. The van der Waals surface area contributed by atoms with Gasteiger partial charge < -0.3 is 14.7 Å². The first-order valence-electron chi connectivity index (χ1n) is 9.71. The third kappa shape index (κ3) is 3.62. The van der Waals surface area contributed by atoms with E-state index in [1.165, 1.54) is 9.21 Å². The molecule has 1 atom stereocenters. The van der Waals surface area contributed by atoms with E-state index in [2.05, 4.69) is 0 Å². The molecule has 4 rings (SSSR count). The number of hydrogen-bond acceptors (Lipinski definition) is 5. The number of carbonyl (C=O) groups excluding carboxylic acids is 3. The molecule has 1 aromatic rings. The molecular formula is C19H24N4O5S. The number of amides is 3. The van der Waals surface area contributed by atoms with Gasteiger partial charge in [-0.2, -0.15) is 4.31 Å². The van der Waals surface area contributed by atoms with E-state index in [1.54, 1.807) is 34.1 Å². The number of benzene rings is 1. The van der Waals surface area contributed by atoms with Crippen LogP contribution in [0.25, 0.3) is 0 Å². The number of para-hydroxylation sites is 1. The lowest BCUT2D eigenvalue weighted by Crippen LogP contribution is -2.54.